The molecule has 0 fully saturated rings. The fraction of sp³-hybridized carbons (Fsp3) is 0.0769. The molecule has 4 nitrogen and oxygen atoms in total. The molecule has 0 radical (unpaired) electrons. The predicted molar refractivity (Wildman–Crippen MR) is 116 cm³/mol. The van der Waals surface area contributed by atoms with Crippen molar-refractivity contribution in [2.24, 2.45) is 0 Å². The van der Waals surface area contributed by atoms with Gasteiger partial charge in [-0.15, -0.1) is 0 Å². The van der Waals surface area contributed by atoms with Crippen molar-refractivity contribution < 1.29 is 35.2 Å². The predicted octanol–water partition coefficient (Wildman–Crippen LogP) is 2.26. The molecule has 0 amide bonds. The molecule has 6 heteroatoms. The minimum atomic E-state index is -0.350. The van der Waals surface area contributed by atoms with Crippen LogP contribution in [-0.2, 0) is 13.1 Å². The second kappa shape index (κ2) is 9.32. The second-order valence-corrected chi connectivity index (χ2v) is 7.46. The molecule has 0 spiro atoms. The van der Waals surface area contributed by atoms with Crippen molar-refractivity contribution in [3.63, 3.8) is 0 Å². The molecule has 0 saturated heterocycles. The number of rotatable bonds is 6. The molecule has 3 aromatic carbocycles. The second-order valence-electron chi connectivity index (χ2n) is 7.46. The number of furan rings is 1. The molecule has 2 heterocycles. The zero-order valence-electron chi connectivity index (χ0n) is 17.1. The summed E-state index contributed by atoms with van der Waals surface area (Å²) >= 11 is 0. The first kappa shape index (κ1) is 21.7. The average Bonchev–Trinajstić information content (AvgIpc) is 3.39. The first-order valence-electron chi connectivity index (χ1n) is 10.1. The summed E-state index contributed by atoms with van der Waals surface area (Å²) in [6.07, 6.45) is 5.71. The number of halogens is 2. The van der Waals surface area contributed by atoms with Crippen LogP contribution in [0.4, 0.5) is 4.39 Å². The molecule has 32 heavy (non-hydrogen) atoms. The van der Waals surface area contributed by atoms with E-state index < -0.39 is 0 Å². The van der Waals surface area contributed by atoms with Crippen molar-refractivity contribution in [2.45, 2.75) is 13.1 Å². The number of para-hydroxylation sites is 1. The van der Waals surface area contributed by atoms with E-state index in [9.17, 15) is 9.18 Å². The summed E-state index contributed by atoms with van der Waals surface area (Å²) in [5.41, 5.74) is 3.46. The lowest BCUT2D eigenvalue weighted by Gasteiger charge is -2.02. The number of aromatic nitrogens is 2. The van der Waals surface area contributed by atoms with E-state index in [1.807, 2.05) is 76.4 Å². The first-order chi connectivity index (χ1) is 15.2. The van der Waals surface area contributed by atoms with Crippen LogP contribution >= 0.6 is 0 Å². The summed E-state index contributed by atoms with van der Waals surface area (Å²) in [6, 6.07) is 23.7. The summed E-state index contributed by atoms with van der Waals surface area (Å²) in [7, 11) is 0. The van der Waals surface area contributed by atoms with Crippen molar-refractivity contribution in [1.82, 2.24) is 4.57 Å². The maximum atomic E-state index is 13.1. The molecule has 0 aliphatic carbocycles. The lowest BCUT2D eigenvalue weighted by molar-refractivity contribution is -0.687. The van der Waals surface area contributed by atoms with E-state index in [4.69, 9.17) is 4.42 Å². The smallest absolute Gasteiger partial charge is 0.244 e. The number of hydrogen-bond acceptors (Lipinski definition) is 2. The van der Waals surface area contributed by atoms with Gasteiger partial charge in [0.2, 0.25) is 12.1 Å². The van der Waals surface area contributed by atoms with Crippen LogP contribution in [0.3, 0.4) is 0 Å². The Morgan fingerprint density at radius 3 is 2.44 bits per heavy atom. The number of carbonyl (C=O) groups is 1. The highest BCUT2D eigenvalue weighted by Crippen LogP contribution is 2.33. The first-order valence-corrected chi connectivity index (χ1v) is 10.1. The van der Waals surface area contributed by atoms with E-state index in [1.165, 1.54) is 24.3 Å². The molecule has 160 valence electrons. The number of hydrogen-bond donors (Lipinski definition) is 0. The highest BCUT2D eigenvalue weighted by atomic mass is 79.9. The average molecular weight is 491 g/mol. The molecule has 0 unspecified atom stereocenters. The fourth-order valence-corrected chi connectivity index (χ4v) is 3.78. The van der Waals surface area contributed by atoms with Gasteiger partial charge < -0.3 is 21.4 Å². The third-order valence-corrected chi connectivity index (χ3v) is 5.31. The number of nitrogens with zero attached hydrogens (tertiary/aromatic N) is 2. The van der Waals surface area contributed by atoms with Crippen LogP contribution in [0.1, 0.15) is 15.9 Å². The van der Waals surface area contributed by atoms with Crippen molar-refractivity contribution >= 4 is 16.8 Å². The lowest BCUT2D eigenvalue weighted by atomic mass is 10.1. The maximum Gasteiger partial charge on any atom is 0.244 e. The number of Topliss-reactive ketones (excluding diaryl/α,β-unsaturated/α-hetero) is 1. The van der Waals surface area contributed by atoms with Crippen LogP contribution < -0.4 is 21.5 Å². The van der Waals surface area contributed by atoms with Crippen molar-refractivity contribution in [3.05, 3.63) is 115 Å². The summed E-state index contributed by atoms with van der Waals surface area (Å²) < 4.78 is 23.1. The number of imidazole rings is 1. The monoisotopic (exact) mass is 490 g/mol. The standard InChI is InChI=1S/C26H20FN2O2.BrH/c27-21-12-10-19(11-13-21)24(30)17-29-15-14-28(18-29)16-23-22-8-4-5-9-25(22)31-26(23)20-6-2-1-3-7-20;/h1-15,18H,16-17H2;1H/q+1;/p-1. The van der Waals surface area contributed by atoms with Crippen LogP contribution in [0, 0.1) is 5.82 Å². The third kappa shape index (κ3) is 4.41. The largest absolute Gasteiger partial charge is 1.00 e. The van der Waals surface area contributed by atoms with E-state index in [2.05, 4.69) is 6.07 Å². The Bertz CT molecular complexity index is 1360. The minimum Gasteiger partial charge on any atom is -1.00 e. The highest BCUT2D eigenvalue weighted by Gasteiger charge is 2.19. The highest BCUT2D eigenvalue weighted by molar-refractivity contribution is 5.95. The Balaban J connectivity index is 0.00000245. The van der Waals surface area contributed by atoms with Gasteiger partial charge in [0.05, 0.1) is 0 Å². The van der Waals surface area contributed by atoms with E-state index >= 15 is 0 Å². The summed E-state index contributed by atoms with van der Waals surface area (Å²) in [4.78, 5) is 12.5. The Morgan fingerprint density at radius 1 is 0.938 bits per heavy atom. The topological polar surface area (TPSA) is 39.0 Å². The van der Waals surface area contributed by atoms with Crippen molar-refractivity contribution in [2.75, 3.05) is 0 Å². The van der Waals surface area contributed by atoms with E-state index in [0.29, 0.717) is 12.1 Å². The molecule has 2 aromatic heterocycles. The number of ketones is 1. The molecule has 0 aliphatic rings. The molecule has 5 aromatic rings. The number of carbonyl (C=O) groups excluding carboxylic acids is 1. The van der Waals surface area contributed by atoms with Gasteiger partial charge in [-0.1, -0.05) is 48.5 Å². The number of benzene rings is 3. The van der Waals surface area contributed by atoms with Gasteiger partial charge in [-0.2, -0.15) is 0 Å². The SMILES string of the molecule is O=C(Cn1cc[n+](Cc2c(-c3ccccc3)oc3ccccc23)c1)c1ccc(F)cc1.[Br-]. The van der Waals surface area contributed by atoms with Gasteiger partial charge in [-0.25, -0.2) is 13.5 Å². The van der Waals surface area contributed by atoms with Gasteiger partial charge in [0.1, 0.15) is 36.1 Å². The van der Waals surface area contributed by atoms with E-state index in [1.54, 1.807) is 0 Å². The Hall–Kier alpha value is -3.51. The van der Waals surface area contributed by atoms with E-state index in [-0.39, 0.29) is 35.1 Å². The summed E-state index contributed by atoms with van der Waals surface area (Å²) in [5, 5.41) is 1.07. The van der Waals surface area contributed by atoms with E-state index in [0.717, 1.165) is 27.9 Å². The summed E-state index contributed by atoms with van der Waals surface area (Å²) in [5.74, 6) is 0.433. The zero-order chi connectivity index (χ0) is 21.2. The normalized spacial score (nSPS) is 10.8. The van der Waals surface area contributed by atoms with Crippen LogP contribution in [-0.4, -0.2) is 10.4 Å². The van der Waals surface area contributed by atoms with Gasteiger partial charge in [0, 0.05) is 22.1 Å². The number of fused-ring (bicyclic) bond motifs is 1. The molecule has 0 atom stereocenters. The van der Waals surface area contributed by atoms with Crippen LogP contribution in [0.25, 0.3) is 22.3 Å². The molecular weight excluding hydrogens is 471 g/mol. The molecule has 0 aliphatic heterocycles. The fourth-order valence-electron chi connectivity index (χ4n) is 3.78. The quantitative estimate of drug-likeness (QED) is 0.270. The maximum absolute atomic E-state index is 13.1. The Labute approximate surface area is 195 Å². The molecule has 0 saturated carbocycles. The minimum absolute atomic E-state index is 0. The van der Waals surface area contributed by atoms with Crippen LogP contribution in [0.15, 0.2) is 102 Å². The molecule has 0 N–H and O–H groups in total. The van der Waals surface area contributed by atoms with Gasteiger partial charge in [-0.3, -0.25) is 4.79 Å². The van der Waals surface area contributed by atoms with Crippen molar-refractivity contribution in [3.8, 4) is 11.3 Å². The van der Waals surface area contributed by atoms with Gasteiger partial charge >= 0.3 is 0 Å². The van der Waals surface area contributed by atoms with Gasteiger partial charge in [0.15, 0.2) is 6.54 Å². The Kier molecular flexibility index (Phi) is 6.32. The van der Waals surface area contributed by atoms with Crippen LogP contribution in [0.5, 0.6) is 0 Å². The third-order valence-electron chi connectivity index (χ3n) is 5.31. The van der Waals surface area contributed by atoms with Crippen molar-refractivity contribution in [1.29, 1.82) is 0 Å². The molecule has 0 bridgehead atoms. The molecular formula is C26H20BrFN2O2. The van der Waals surface area contributed by atoms with Crippen LogP contribution in [0.2, 0.25) is 0 Å². The zero-order valence-corrected chi connectivity index (χ0v) is 18.7. The van der Waals surface area contributed by atoms with Gasteiger partial charge in [0.25, 0.3) is 0 Å². The summed E-state index contributed by atoms with van der Waals surface area (Å²) in [6.45, 7) is 0.801. The lowest BCUT2D eigenvalue weighted by Crippen LogP contribution is -3.00. The molecule has 5 rings (SSSR count). The van der Waals surface area contributed by atoms with Gasteiger partial charge in [-0.05, 0) is 30.3 Å². The Morgan fingerprint density at radius 2 is 1.66 bits per heavy atom.